The van der Waals surface area contributed by atoms with E-state index < -0.39 is 5.97 Å². The second-order valence-electron chi connectivity index (χ2n) is 9.50. The van der Waals surface area contributed by atoms with Crippen LogP contribution in [0.5, 0.6) is 0 Å². The molecule has 172 valence electrons. The van der Waals surface area contributed by atoms with E-state index in [4.69, 9.17) is 5.11 Å². The van der Waals surface area contributed by atoms with Gasteiger partial charge in [-0.1, -0.05) is 33.1 Å². The maximum absolute atomic E-state index is 12.6. The van der Waals surface area contributed by atoms with Gasteiger partial charge < -0.3 is 20.6 Å². The fourth-order valence-electron chi connectivity index (χ4n) is 6.13. The second-order valence-corrected chi connectivity index (χ2v) is 9.50. The molecule has 4 aliphatic rings. The van der Waals surface area contributed by atoms with Crippen LogP contribution in [0, 0.1) is 0 Å². The summed E-state index contributed by atoms with van der Waals surface area (Å²) in [4.78, 5) is 27.0. The number of piperidine rings is 2. The Kier molecular flexibility index (Phi) is 8.40. The van der Waals surface area contributed by atoms with Gasteiger partial charge in [-0.05, 0) is 58.0 Å². The smallest absolute Gasteiger partial charge is 0.318 e. The molecule has 7 heteroatoms. The minimum Gasteiger partial charge on any atom is -0.481 e. The summed E-state index contributed by atoms with van der Waals surface area (Å²) in [7, 11) is 0. The maximum atomic E-state index is 12.6. The van der Waals surface area contributed by atoms with Gasteiger partial charge in [-0.25, -0.2) is 4.79 Å². The number of carboxylic acid groups (broad SMARTS) is 1. The highest BCUT2D eigenvalue weighted by Gasteiger charge is 2.46. The van der Waals surface area contributed by atoms with E-state index in [1.807, 2.05) is 0 Å². The number of hydrogen-bond acceptors (Lipinski definition) is 4. The topological polar surface area (TPSA) is 84.9 Å². The molecule has 0 unspecified atom stereocenters. The Morgan fingerprint density at radius 2 is 1.73 bits per heavy atom. The second kappa shape index (κ2) is 10.8. The largest absolute Gasteiger partial charge is 0.481 e. The fourth-order valence-corrected chi connectivity index (χ4v) is 6.13. The fraction of sp³-hybridized carbons (Fsp3) is 0.913. The molecule has 2 atom stereocenters. The molecule has 3 aliphatic heterocycles. The highest BCUT2D eigenvalue weighted by Crippen LogP contribution is 2.36. The Balaban J connectivity index is 0.000000461. The Morgan fingerprint density at radius 1 is 1.10 bits per heavy atom. The first kappa shape index (κ1) is 23.3. The average molecular weight is 423 g/mol. The molecule has 1 aliphatic carbocycles. The summed E-state index contributed by atoms with van der Waals surface area (Å²) in [6.45, 7) is 8.60. The number of nitrogens with one attached hydrogen (secondary N) is 2. The van der Waals surface area contributed by atoms with Gasteiger partial charge in [-0.3, -0.25) is 9.69 Å². The van der Waals surface area contributed by atoms with Crippen molar-refractivity contribution in [2.24, 2.45) is 0 Å². The highest BCUT2D eigenvalue weighted by molar-refractivity contribution is 5.78. The number of rotatable bonds is 5. The van der Waals surface area contributed by atoms with Gasteiger partial charge >= 0.3 is 12.0 Å². The lowest BCUT2D eigenvalue weighted by Crippen LogP contribution is -2.59. The molecule has 4 rings (SSSR count). The van der Waals surface area contributed by atoms with E-state index in [0.717, 1.165) is 25.9 Å². The summed E-state index contributed by atoms with van der Waals surface area (Å²) < 4.78 is 0. The molecule has 0 radical (unpaired) electrons. The van der Waals surface area contributed by atoms with Crippen LogP contribution in [0.2, 0.25) is 0 Å². The standard InChI is InChI=1S/C20H36N4O.C3H6O2/c1-2-9-20(10-12-21-13-11-20)23-14-7-16(8-15-23)24-18-6-4-3-5-17(18)22-19(24)25;1-2-3(4)5/h16-18,21H,2-15H2,1H3,(H,22,25);2H2,1H3,(H,4,5)/t17-,18-;/m0./s1. The lowest BCUT2D eigenvalue weighted by Gasteiger charge is -2.51. The van der Waals surface area contributed by atoms with Gasteiger partial charge in [-0.15, -0.1) is 0 Å². The molecule has 0 aromatic carbocycles. The van der Waals surface area contributed by atoms with E-state index >= 15 is 0 Å². The normalized spacial score (nSPS) is 29.5. The van der Waals surface area contributed by atoms with Gasteiger partial charge in [0, 0.05) is 31.1 Å². The molecule has 0 spiro atoms. The van der Waals surface area contributed by atoms with Gasteiger partial charge in [-0.2, -0.15) is 0 Å². The summed E-state index contributed by atoms with van der Waals surface area (Å²) in [5.41, 5.74) is 0.422. The summed E-state index contributed by atoms with van der Waals surface area (Å²) in [6.07, 6.45) is 12.7. The van der Waals surface area contributed by atoms with E-state index in [-0.39, 0.29) is 12.5 Å². The van der Waals surface area contributed by atoms with Crippen LogP contribution in [0.15, 0.2) is 0 Å². The van der Waals surface area contributed by atoms with Crippen LogP contribution in [-0.4, -0.2) is 76.8 Å². The lowest BCUT2D eigenvalue weighted by atomic mass is 9.80. The highest BCUT2D eigenvalue weighted by atomic mass is 16.4. The van der Waals surface area contributed by atoms with Crippen LogP contribution in [-0.2, 0) is 4.79 Å². The van der Waals surface area contributed by atoms with E-state index in [1.165, 1.54) is 64.5 Å². The molecule has 2 amide bonds. The zero-order chi connectivity index (χ0) is 21.6. The SMILES string of the molecule is CCC(=O)O.CCCC1(N2CCC(N3C(=O)N[C@H]4CCCC[C@@H]43)CC2)CCNCC1. The van der Waals surface area contributed by atoms with Gasteiger partial charge in [0.05, 0.1) is 12.1 Å². The molecule has 3 N–H and O–H groups in total. The summed E-state index contributed by atoms with van der Waals surface area (Å²) >= 11 is 0. The van der Waals surface area contributed by atoms with Crippen molar-refractivity contribution in [1.82, 2.24) is 20.4 Å². The van der Waals surface area contributed by atoms with Crippen molar-refractivity contribution < 1.29 is 14.7 Å². The molecule has 0 aromatic rings. The van der Waals surface area contributed by atoms with Crippen LogP contribution in [0.25, 0.3) is 0 Å². The number of aliphatic carboxylic acids is 1. The van der Waals surface area contributed by atoms with Crippen molar-refractivity contribution in [3.63, 3.8) is 0 Å². The molecule has 30 heavy (non-hydrogen) atoms. The third-order valence-electron chi connectivity index (χ3n) is 7.71. The molecule has 3 heterocycles. The quantitative estimate of drug-likeness (QED) is 0.634. The molecule has 0 aromatic heterocycles. The first-order valence-corrected chi connectivity index (χ1v) is 12.3. The summed E-state index contributed by atoms with van der Waals surface area (Å²) in [5, 5.41) is 14.5. The minimum absolute atomic E-state index is 0.222. The van der Waals surface area contributed by atoms with Crippen LogP contribution >= 0.6 is 0 Å². The van der Waals surface area contributed by atoms with Crippen molar-refractivity contribution in [3.05, 3.63) is 0 Å². The molecule has 0 bridgehead atoms. The van der Waals surface area contributed by atoms with Crippen LogP contribution in [0.4, 0.5) is 4.79 Å². The third-order valence-corrected chi connectivity index (χ3v) is 7.71. The first-order valence-electron chi connectivity index (χ1n) is 12.3. The number of urea groups is 1. The zero-order valence-electron chi connectivity index (χ0n) is 19.0. The van der Waals surface area contributed by atoms with Gasteiger partial charge in [0.25, 0.3) is 0 Å². The van der Waals surface area contributed by atoms with E-state index in [9.17, 15) is 9.59 Å². The number of likely N-dealkylation sites (tertiary alicyclic amines) is 1. The molecule has 1 saturated carbocycles. The van der Waals surface area contributed by atoms with E-state index in [0.29, 0.717) is 23.7 Å². The molecular weight excluding hydrogens is 380 g/mol. The zero-order valence-corrected chi connectivity index (χ0v) is 19.0. The third kappa shape index (κ3) is 5.28. The molecule has 3 saturated heterocycles. The Morgan fingerprint density at radius 3 is 2.33 bits per heavy atom. The number of carbonyl (C=O) groups is 2. The summed E-state index contributed by atoms with van der Waals surface area (Å²) in [5.74, 6) is -0.745. The number of carboxylic acids is 1. The Hall–Kier alpha value is -1.34. The molecular formula is C23H42N4O3. The molecule has 4 fully saturated rings. The van der Waals surface area contributed by atoms with Crippen molar-refractivity contribution in [2.75, 3.05) is 26.2 Å². The number of carbonyl (C=O) groups excluding carboxylic acids is 1. The van der Waals surface area contributed by atoms with Gasteiger partial charge in [0.15, 0.2) is 0 Å². The van der Waals surface area contributed by atoms with E-state index in [1.54, 1.807) is 6.92 Å². The average Bonchev–Trinajstić information content (AvgIpc) is 3.11. The first-order chi connectivity index (χ1) is 14.5. The predicted octanol–water partition coefficient (Wildman–Crippen LogP) is 3.19. The van der Waals surface area contributed by atoms with Gasteiger partial charge in [0.1, 0.15) is 0 Å². The van der Waals surface area contributed by atoms with Crippen molar-refractivity contribution in [3.8, 4) is 0 Å². The Labute approximate surface area is 181 Å². The van der Waals surface area contributed by atoms with Gasteiger partial charge in [0.2, 0.25) is 0 Å². The number of nitrogens with zero attached hydrogens (tertiary/aromatic N) is 2. The monoisotopic (exact) mass is 422 g/mol. The lowest BCUT2D eigenvalue weighted by molar-refractivity contribution is -0.136. The van der Waals surface area contributed by atoms with Crippen molar-refractivity contribution >= 4 is 12.0 Å². The number of fused-ring (bicyclic) bond motifs is 1. The van der Waals surface area contributed by atoms with Crippen molar-refractivity contribution in [1.29, 1.82) is 0 Å². The molecule has 7 nitrogen and oxygen atoms in total. The van der Waals surface area contributed by atoms with E-state index in [2.05, 4.69) is 27.4 Å². The van der Waals surface area contributed by atoms with Crippen molar-refractivity contribution in [2.45, 2.75) is 108 Å². The Bertz CT molecular complexity index is 565. The predicted molar refractivity (Wildman–Crippen MR) is 119 cm³/mol. The maximum Gasteiger partial charge on any atom is 0.318 e. The number of amides is 2. The van der Waals surface area contributed by atoms with Crippen LogP contribution < -0.4 is 10.6 Å². The summed E-state index contributed by atoms with van der Waals surface area (Å²) in [6, 6.07) is 1.58. The minimum atomic E-state index is -0.745. The number of hydrogen-bond donors (Lipinski definition) is 3. The van der Waals surface area contributed by atoms with Crippen LogP contribution in [0.3, 0.4) is 0 Å². The van der Waals surface area contributed by atoms with Crippen LogP contribution in [0.1, 0.15) is 84.5 Å².